The summed E-state index contributed by atoms with van der Waals surface area (Å²) in [6.45, 7) is 2.69. The van der Waals surface area contributed by atoms with Gasteiger partial charge in [-0.1, -0.05) is 84.9 Å². The Kier molecular flexibility index (Phi) is 11.4. The van der Waals surface area contributed by atoms with E-state index in [1.807, 2.05) is 83.0 Å². The van der Waals surface area contributed by atoms with Crippen molar-refractivity contribution in [3.05, 3.63) is 108 Å². The third kappa shape index (κ3) is 8.59. The van der Waals surface area contributed by atoms with E-state index >= 15 is 0 Å². The molecule has 310 valence electrons. The van der Waals surface area contributed by atoms with E-state index in [-0.39, 0.29) is 11.8 Å². The molecule has 2 fully saturated rings. The van der Waals surface area contributed by atoms with Crippen LogP contribution in [0.1, 0.15) is 69.2 Å². The first-order valence-electron chi connectivity index (χ1n) is 19.8. The van der Waals surface area contributed by atoms with Gasteiger partial charge >= 0.3 is 12.1 Å². The second-order valence-corrected chi connectivity index (χ2v) is 16.2. The summed E-state index contributed by atoms with van der Waals surface area (Å²) in [5.41, 5.74) is 11.3. The van der Waals surface area contributed by atoms with E-state index in [1.54, 1.807) is 17.0 Å². The predicted molar refractivity (Wildman–Crippen MR) is 214 cm³/mol. The molecule has 2 saturated carbocycles. The lowest BCUT2D eigenvalue weighted by atomic mass is 9.89. The maximum Gasteiger partial charge on any atom is 0.453 e. The number of hydrogen-bond donors (Lipinski definition) is 3. The fraction of sp³-hybridized carbons (Fsp3) is 0.378. The van der Waals surface area contributed by atoms with Crippen molar-refractivity contribution in [1.82, 2.24) is 10.6 Å². The van der Waals surface area contributed by atoms with Crippen LogP contribution in [0.5, 0.6) is 0 Å². The van der Waals surface area contributed by atoms with Crippen LogP contribution in [0.15, 0.2) is 97.1 Å². The van der Waals surface area contributed by atoms with Crippen molar-refractivity contribution in [3.63, 3.8) is 0 Å². The van der Waals surface area contributed by atoms with Gasteiger partial charge < -0.3 is 26.2 Å². The van der Waals surface area contributed by atoms with E-state index in [9.17, 15) is 41.1 Å². The average molecular weight is 816 g/mol. The highest BCUT2D eigenvalue weighted by atomic mass is 19.4. The van der Waals surface area contributed by atoms with Crippen LogP contribution in [0.2, 0.25) is 0 Å². The molecule has 0 aromatic heterocycles. The number of amides is 4. The molecule has 0 saturated heterocycles. The number of nitrogens with two attached hydrogens (primary N) is 1. The number of halogens is 5. The Morgan fingerprint density at radius 1 is 0.644 bits per heavy atom. The molecule has 4 N–H and O–H groups in total. The second kappa shape index (κ2) is 16.2. The number of hydrogen-bond acceptors (Lipinski definition) is 5. The first-order valence-corrected chi connectivity index (χ1v) is 19.8. The summed E-state index contributed by atoms with van der Waals surface area (Å²) in [4.78, 5) is 56.2. The van der Waals surface area contributed by atoms with Crippen LogP contribution in [0, 0.1) is 17.3 Å². The summed E-state index contributed by atoms with van der Waals surface area (Å²) in [6, 6.07) is 28.9. The Morgan fingerprint density at radius 3 is 1.59 bits per heavy atom. The highest BCUT2D eigenvalue weighted by Crippen LogP contribution is 2.44. The largest absolute Gasteiger partial charge is 0.453 e. The topological polar surface area (TPSA) is 125 Å². The Bertz CT molecular complexity index is 2250. The van der Waals surface area contributed by atoms with Crippen LogP contribution in [0.3, 0.4) is 0 Å². The Labute approximate surface area is 339 Å². The highest BCUT2D eigenvalue weighted by Gasteiger charge is 2.57. The van der Waals surface area contributed by atoms with Gasteiger partial charge in [0.15, 0.2) is 0 Å². The smallest absolute Gasteiger partial charge is 0.355 e. The number of fused-ring (bicyclic) bond motifs is 6. The molecular formula is C45H46F5N5O4. The molecule has 0 radical (unpaired) electrons. The summed E-state index contributed by atoms with van der Waals surface area (Å²) < 4.78 is 63.7. The molecule has 2 atom stereocenters. The van der Waals surface area contributed by atoms with Crippen molar-refractivity contribution in [3.8, 4) is 22.3 Å². The SMILES string of the molecule is CC(C)(C(=O)NCCC(F)(F)C(F)(F)F)C(=O)N[C@@H]1C(=O)N(CC2CC2)c2ccccc2-c2ccccc21.N[C@@H]1C(=O)N(CC2CC2)c2ccccc2-c2ccccc21. The number of carbonyl (C=O) groups is 4. The lowest BCUT2D eigenvalue weighted by molar-refractivity contribution is -0.283. The molecule has 0 unspecified atom stereocenters. The molecule has 4 aromatic rings. The van der Waals surface area contributed by atoms with Crippen molar-refractivity contribution in [1.29, 1.82) is 0 Å². The average Bonchev–Trinajstić information content (AvgIpc) is 4.16. The van der Waals surface area contributed by atoms with Crippen LogP contribution < -0.4 is 26.2 Å². The standard InChI is InChI=1S/C27H28F5N3O3.C18H18N2O/c1-25(2,23(37)33-14-13-26(28,29)27(30,31)32)24(38)34-21-19-9-4-3-7-17(19)18-8-5-6-10-20(18)35(22(21)36)15-16-11-12-16;19-17-15-7-2-1-5-13(15)14-6-3-4-8-16(14)20(18(17)21)11-12-9-10-12/h3-10,16,21H,11-15H2,1-2H3,(H,33,37)(H,34,38);1-8,12,17H,9-11,19H2/t21-;17-/m00/s1. The number of anilines is 2. The number of nitrogens with one attached hydrogen (secondary N) is 2. The monoisotopic (exact) mass is 815 g/mol. The summed E-state index contributed by atoms with van der Waals surface area (Å²) in [5, 5.41) is 4.65. The molecule has 4 aromatic carbocycles. The van der Waals surface area contributed by atoms with Crippen molar-refractivity contribution < 1.29 is 41.1 Å². The minimum absolute atomic E-state index is 0.0132. The first-order chi connectivity index (χ1) is 28.0. The number of alkyl halides is 5. The second-order valence-electron chi connectivity index (χ2n) is 16.2. The molecule has 0 spiro atoms. The summed E-state index contributed by atoms with van der Waals surface area (Å²) >= 11 is 0. The lowest BCUT2D eigenvalue weighted by Gasteiger charge is -2.29. The molecule has 8 rings (SSSR count). The maximum absolute atomic E-state index is 13.9. The zero-order valence-electron chi connectivity index (χ0n) is 32.7. The summed E-state index contributed by atoms with van der Waals surface area (Å²) in [5.74, 6) is -6.30. The zero-order valence-corrected chi connectivity index (χ0v) is 32.7. The Balaban J connectivity index is 0.000000210. The van der Waals surface area contributed by atoms with E-state index in [0.29, 0.717) is 29.6 Å². The number of rotatable bonds is 10. The number of para-hydroxylation sites is 2. The van der Waals surface area contributed by atoms with Crippen LogP contribution >= 0.6 is 0 Å². The van der Waals surface area contributed by atoms with Gasteiger partial charge in [-0.25, -0.2) is 0 Å². The molecule has 4 amide bonds. The van der Waals surface area contributed by atoms with Gasteiger partial charge in [-0.05, 0) is 85.8 Å². The van der Waals surface area contributed by atoms with E-state index in [2.05, 4.69) is 17.4 Å². The van der Waals surface area contributed by atoms with Crippen molar-refractivity contribution in [2.45, 2.75) is 70.1 Å². The summed E-state index contributed by atoms with van der Waals surface area (Å²) in [7, 11) is 0. The van der Waals surface area contributed by atoms with Crippen molar-refractivity contribution >= 4 is 35.0 Å². The van der Waals surface area contributed by atoms with Gasteiger partial charge in [-0.2, -0.15) is 22.0 Å². The molecule has 14 heteroatoms. The van der Waals surface area contributed by atoms with E-state index in [4.69, 9.17) is 5.73 Å². The van der Waals surface area contributed by atoms with Gasteiger partial charge in [0.2, 0.25) is 17.7 Å². The van der Waals surface area contributed by atoms with Gasteiger partial charge in [0, 0.05) is 37.2 Å². The molecule has 4 aliphatic rings. The molecule has 2 aliphatic heterocycles. The predicted octanol–water partition coefficient (Wildman–Crippen LogP) is 8.11. The maximum atomic E-state index is 13.9. The van der Waals surface area contributed by atoms with Crippen molar-refractivity contribution in [2.75, 3.05) is 29.4 Å². The van der Waals surface area contributed by atoms with Crippen LogP contribution in [-0.2, 0) is 19.2 Å². The van der Waals surface area contributed by atoms with Crippen LogP contribution in [0.4, 0.5) is 33.3 Å². The van der Waals surface area contributed by atoms with Gasteiger partial charge in [-0.15, -0.1) is 0 Å². The minimum atomic E-state index is -5.75. The Morgan fingerprint density at radius 2 is 1.08 bits per heavy atom. The first kappa shape index (κ1) is 41.5. The highest BCUT2D eigenvalue weighted by molar-refractivity contribution is 6.09. The van der Waals surface area contributed by atoms with Crippen LogP contribution in [-0.4, -0.2) is 55.4 Å². The van der Waals surface area contributed by atoms with E-state index in [1.165, 1.54) is 26.7 Å². The Hall–Kier alpha value is -5.63. The minimum Gasteiger partial charge on any atom is -0.355 e. The summed E-state index contributed by atoms with van der Waals surface area (Å²) in [6.07, 6.45) is -3.01. The fourth-order valence-corrected chi connectivity index (χ4v) is 7.45. The number of carbonyl (C=O) groups excluding carboxylic acids is 4. The molecular weight excluding hydrogens is 770 g/mol. The van der Waals surface area contributed by atoms with Crippen LogP contribution in [0.25, 0.3) is 22.3 Å². The van der Waals surface area contributed by atoms with Gasteiger partial charge in [0.1, 0.15) is 17.5 Å². The third-order valence-corrected chi connectivity index (χ3v) is 11.4. The number of benzene rings is 4. The third-order valence-electron chi connectivity index (χ3n) is 11.4. The van der Waals surface area contributed by atoms with Crippen molar-refractivity contribution in [2.24, 2.45) is 23.0 Å². The molecule has 2 heterocycles. The van der Waals surface area contributed by atoms with Gasteiger partial charge in [-0.3, -0.25) is 19.2 Å². The lowest BCUT2D eigenvalue weighted by Crippen LogP contribution is -2.52. The quantitative estimate of drug-likeness (QED) is 0.110. The fourth-order valence-electron chi connectivity index (χ4n) is 7.45. The molecule has 2 aliphatic carbocycles. The van der Waals surface area contributed by atoms with Gasteiger partial charge in [0.25, 0.3) is 5.91 Å². The molecule has 0 bridgehead atoms. The number of nitrogens with zero attached hydrogens (tertiary/aromatic N) is 2. The normalized spacial score (nSPS) is 18.8. The zero-order chi connectivity index (χ0) is 42.3. The van der Waals surface area contributed by atoms with E-state index in [0.717, 1.165) is 52.9 Å². The molecule has 59 heavy (non-hydrogen) atoms. The van der Waals surface area contributed by atoms with Gasteiger partial charge in [0.05, 0.1) is 11.4 Å². The molecule has 9 nitrogen and oxygen atoms in total. The van der Waals surface area contributed by atoms with E-state index < -0.39 is 54.4 Å².